The Balaban J connectivity index is 1.70. The minimum atomic E-state index is 0.277. The highest BCUT2D eigenvalue weighted by Crippen LogP contribution is 2.28. The van der Waals surface area contributed by atoms with Crippen molar-refractivity contribution in [3.63, 3.8) is 0 Å². The number of anilines is 1. The first-order chi connectivity index (χ1) is 11.5. The predicted octanol–water partition coefficient (Wildman–Crippen LogP) is 1.49. The molecule has 2 unspecified atom stereocenters. The van der Waals surface area contributed by atoms with Crippen molar-refractivity contribution in [2.45, 2.75) is 45.9 Å². The molecule has 132 valence electrons. The minimum Gasteiger partial charge on any atom is -0.378 e. The van der Waals surface area contributed by atoms with Crippen LogP contribution in [0.5, 0.6) is 0 Å². The highest BCUT2D eigenvalue weighted by molar-refractivity contribution is 5.28. The molecule has 0 aliphatic carbocycles. The summed E-state index contributed by atoms with van der Waals surface area (Å²) >= 11 is 0. The number of rotatable bonds is 6. The molecule has 1 fully saturated rings. The Kier molecular flexibility index (Phi) is 5.13. The number of aromatic nitrogens is 6. The number of nitrogens with zero attached hydrogens (tertiary/aromatic N) is 7. The molecule has 2 atom stereocenters. The van der Waals surface area contributed by atoms with Crippen LogP contribution in [0.2, 0.25) is 0 Å². The Morgan fingerprint density at radius 1 is 1.42 bits per heavy atom. The van der Waals surface area contributed by atoms with Crippen LogP contribution in [0.4, 0.5) is 5.95 Å². The van der Waals surface area contributed by atoms with Crippen LogP contribution in [0.1, 0.15) is 32.3 Å². The lowest BCUT2D eigenvalue weighted by Crippen LogP contribution is -2.37. The summed E-state index contributed by atoms with van der Waals surface area (Å²) in [4.78, 5) is 2.06. The molecule has 1 aliphatic heterocycles. The summed E-state index contributed by atoms with van der Waals surface area (Å²) in [7, 11) is 3.93. The topological polar surface area (TPSA) is 73.9 Å². The third kappa shape index (κ3) is 3.75. The molecule has 8 heteroatoms. The molecule has 8 nitrogen and oxygen atoms in total. The molecule has 0 aromatic carbocycles. The fraction of sp³-hybridized carbons (Fsp3) is 0.750. The smallest absolute Gasteiger partial charge is 0.245 e. The van der Waals surface area contributed by atoms with E-state index in [4.69, 9.17) is 4.74 Å². The van der Waals surface area contributed by atoms with Crippen LogP contribution < -0.4 is 4.90 Å². The van der Waals surface area contributed by atoms with E-state index in [-0.39, 0.29) is 6.10 Å². The van der Waals surface area contributed by atoms with Crippen molar-refractivity contribution in [2.24, 2.45) is 18.9 Å². The van der Waals surface area contributed by atoms with Crippen molar-refractivity contribution >= 4 is 5.95 Å². The zero-order valence-electron chi connectivity index (χ0n) is 15.0. The predicted molar refractivity (Wildman–Crippen MR) is 90.4 cm³/mol. The first-order valence-electron chi connectivity index (χ1n) is 8.61. The molecule has 3 heterocycles. The van der Waals surface area contributed by atoms with Gasteiger partial charge in [-0.15, -0.1) is 0 Å². The molecule has 24 heavy (non-hydrogen) atoms. The Morgan fingerprint density at radius 3 is 2.96 bits per heavy atom. The Bertz CT molecular complexity index is 650. The van der Waals surface area contributed by atoms with Gasteiger partial charge >= 0.3 is 0 Å². The first-order valence-corrected chi connectivity index (χ1v) is 8.61. The summed E-state index contributed by atoms with van der Waals surface area (Å²) < 4.78 is 9.71. The van der Waals surface area contributed by atoms with Crippen molar-refractivity contribution in [3.8, 4) is 0 Å². The Hall–Kier alpha value is -1.96. The maximum atomic E-state index is 5.99. The van der Waals surface area contributed by atoms with Crippen molar-refractivity contribution in [3.05, 3.63) is 18.0 Å². The first kappa shape index (κ1) is 16.9. The quantitative estimate of drug-likeness (QED) is 0.797. The fourth-order valence-corrected chi connectivity index (χ4v) is 3.51. The van der Waals surface area contributed by atoms with Crippen LogP contribution in [0.3, 0.4) is 0 Å². The number of aryl methyl sites for hydroxylation is 1. The third-order valence-electron chi connectivity index (χ3n) is 4.59. The van der Waals surface area contributed by atoms with Gasteiger partial charge in [-0.25, -0.2) is 4.68 Å². The normalized spacial score (nSPS) is 21.4. The average Bonchev–Trinajstić information content (AvgIpc) is 3.16. The fourth-order valence-electron chi connectivity index (χ4n) is 3.51. The van der Waals surface area contributed by atoms with E-state index in [0.29, 0.717) is 11.8 Å². The summed E-state index contributed by atoms with van der Waals surface area (Å²) in [5.74, 6) is 1.74. The number of ether oxygens (including phenoxy) is 1. The second kappa shape index (κ2) is 7.29. The minimum absolute atomic E-state index is 0.277. The molecule has 0 radical (unpaired) electrons. The maximum absolute atomic E-state index is 5.99. The van der Waals surface area contributed by atoms with E-state index in [2.05, 4.69) is 39.4 Å². The number of hydrogen-bond donors (Lipinski definition) is 0. The van der Waals surface area contributed by atoms with E-state index in [1.54, 1.807) is 4.68 Å². The van der Waals surface area contributed by atoms with Crippen molar-refractivity contribution in [2.75, 3.05) is 18.6 Å². The number of hydrogen-bond acceptors (Lipinski definition) is 6. The van der Waals surface area contributed by atoms with Gasteiger partial charge in [0.15, 0.2) is 0 Å². The van der Waals surface area contributed by atoms with Crippen molar-refractivity contribution in [1.29, 1.82) is 0 Å². The zero-order chi connectivity index (χ0) is 17.1. The standard InChI is InChI=1S/C16H27N7O/c1-12(2)15-14(6-5-7-24-15)11-23-16(18-19-20-23)21(3)9-13-8-17-22(4)10-13/h8,10,12,14-15H,5-7,9,11H2,1-4H3. The van der Waals surface area contributed by atoms with E-state index < -0.39 is 0 Å². The van der Waals surface area contributed by atoms with Gasteiger partial charge in [0, 0.05) is 44.9 Å². The molecule has 1 saturated heterocycles. The van der Waals surface area contributed by atoms with E-state index in [1.165, 1.54) is 0 Å². The highest BCUT2D eigenvalue weighted by atomic mass is 16.5. The van der Waals surface area contributed by atoms with E-state index >= 15 is 0 Å². The maximum Gasteiger partial charge on any atom is 0.245 e. The molecule has 0 bridgehead atoms. The molecule has 0 spiro atoms. The zero-order valence-corrected chi connectivity index (χ0v) is 15.0. The third-order valence-corrected chi connectivity index (χ3v) is 4.59. The van der Waals surface area contributed by atoms with Gasteiger partial charge in [-0.05, 0) is 29.2 Å². The molecular formula is C16H27N7O. The lowest BCUT2D eigenvalue weighted by atomic mass is 9.87. The lowest BCUT2D eigenvalue weighted by molar-refractivity contribution is -0.0580. The van der Waals surface area contributed by atoms with Gasteiger partial charge in [0.1, 0.15) is 0 Å². The molecule has 0 saturated carbocycles. The second-order valence-electron chi connectivity index (χ2n) is 7.02. The van der Waals surface area contributed by atoms with Gasteiger partial charge in [0.2, 0.25) is 5.95 Å². The largest absolute Gasteiger partial charge is 0.378 e. The summed E-state index contributed by atoms with van der Waals surface area (Å²) in [6.45, 7) is 6.82. The van der Waals surface area contributed by atoms with Crippen LogP contribution >= 0.6 is 0 Å². The van der Waals surface area contributed by atoms with Crippen LogP contribution in [-0.2, 0) is 24.9 Å². The van der Waals surface area contributed by atoms with Gasteiger partial charge in [-0.1, -0.05) is 18.9 Å². The second-order valence-corrected chi connectivity index (χ2v) is 7.02. The molecule has 0 amide bonds. The van der Waals surface area contributed by atoms with Crippen LogP contribution in [0.25, 0.3) is 0 Å². The molecule has 3 rings (SSSR count). The van der Waals surface area contributed by atoms with E-state index in [0.717, 1.165) is 44.0 Å². The van der Waals surface area contributed by atoms with Crippen LogP contribution in [0.15, 0.2) is 12.4 Å². The van der Waals surface area contributed by atoms with Crippen LogP contribution in [-0.4, -0.2) is 49.7 Å². The summed E-state index contributed by atoms with van der Waals surface area (Å²) in [6.07, 6.45) is 6.42. The van der Waals surface area contributed by atoms with Crippen molar-refractivity contribution in [1.82, 2.24) is 30.0 Å². The van der Waals surface area contributed by atoms with E-state index in [1.807, 2.05) is 31.2 Å². The molecule has 2 aromatic rings. The average molecular weight is 333 g/mol. The van der Waals surface area contributed by atoms with Gasteiger partial charge in [0.05, 0.1) is 18.8 Å². The van der Waals surface area contributed by atoms with Crippen molar-refractivity contribution < 1.29 is 4.74 Å². The van der Waals surface area contributed by atoms with Crippen LogP contribution in [0, 0.1) is 11.8 Å². The van der Waals surface area contributed by atoms with Gasteiger partial charge in [-0.2, -0.15) is 5.10 Å². The Morgan fingerprint density at radius 2 is 2.25 bits per heavy atom. The van der Waals surface area contributed by atoms with Gasteiger partial charge in [0.25, 0.3) is 0 Å². The lowest BCUT2D eigenvalue weighted by Gasteiger charge is -2.34. The molecular weight excluding hydrogens is 306 g/mol. The Labute approximate surface area is 142 Å². The molecule has 2 aromatic heterocycles. The molecule has 1 aliphatic rings. The van der Waals surface area contributed by atoms with Gasteiger partial charge < -0.3 is 9.64 Å². The summed E-state index contributed by atoms with van der Waals surface area (Å²) in [6, 6.07) is 0. The monoisotopic (exact) mass is 333 g/mol. The summed E-state index contributed by atoms with van der Waals surface area (Å²) in [5.41, 5.74) is 1.13. The summed E-state index contributed by atoms with van der Waals surface area (Å²) in [5, 5.41) is 16.5. The van der Waals surface area contributed by atoms with E-state index in [9.17, 15) is 0 Å². The SMILES string of the molecule is CC(C)C1OCCCC1Cn1nnnc1N(C)Cc1cnn(C)c1. The van der Waals surface area contributed by atoms with Gasteiger partial charge in [-0.3, -0.25) is 4.68 Å². The molecule has 0 N–H and O–H groups in total. The number of tetrazole rings is 1. The highest BCUT2D eigenvalue weighted by Gasteiger charge is 2.30.